The van der Waals surface area contributed by atoms with Gasteiger partial charge in [-0.25, -0.2) is 0 Å². The Bertz CT molecular complexity index is 380. The first-order chi connectivity index (χ1) is 8.56. The molecule has 100 valence electrons. The zero-order valence-electron chi connectivity index (χ0n) is 11.4. The molecule has 0 aliphatic heterocycles. The van der Waals surface area contributed by atoms with Crippen LogP contribution in [-0.2, 0) is 10.3 Å². The summed E-state index contributed by atoms with van der Waals surface area (Å²) in [4.78, 5) is 14.1. The molecule has 0 aliphatic rings. The predicted octanol–water partition coefficient (Wildman–Crippen LogP) is 0.928. The van der Waals surface area contributed by atoms with E-state index in [1.807, 2.05) is 37.4 Å². The van der Waals surface area contributed by atoms with Crippen LogP contribution in [-0.4, -0.2) is 38.0 Å². The number of rotatable bonds is 7. The van der Waals surface area contributed by atoms with E-state index >= 15 is 0 Å². The van der Waals surface area contributed by atoms with Crippen molar-refractivity contribution in [3.8, 4) is 0 Å². The Morgan fingerprint density at radius 3 is 2.44 bits per heavy atom. The second-order valence-corrected chi connectivity index (χ2v) is 4.53. The first-order valence-electron chi connectivity index (χ1n) is 6.29. The minimum Gasteiger partial charge on any atom is -0.368 e. The van der Waals surface area contributed by atoms with Crippen LogP contribution in [0.1, 0.15) is 18.9 Å². The van der Waals surface area contributed by atoms with Crippen molar-refractivity contribution >= 4 is 5.91 Å². The zero-order chi connectivity index (χ0) is 13.6. The summed E-state index contributed by atoms with van der Waals surface area (Å²) in [5, 5.41) is 3.11. The van der Waals surface area contributed by atoms with Crippen molar-refractivity contribution in [3.63, 3.8) is 0 Å². The van der Waals surface area contributed by atoms with Gasteiger partial charge < -0.3 is 16.0 Å². The number of carbonyl (C=O) groups excluding carboxylic acids is 1. The van der Waals surface area contributed by atoms with E-state index in [1.54, 1.807) is 7.05 Å². The maximum atomic E-state index is 11.9. The van der Waals surface area contributed by atoms with Gasteiger partial charge in [-0.1, -0.05) is 37.3 Å². The number of hydrogen-bond acceptors (Lipinski definition) is 3. The molecular formula is C14H23N3O. The van der Waals surface area contributed by atoms with Gasteiger partial charge in [-0.3, -0.25) is 4.79 Å². The highest BCUT2D eigenvalue weighted by atomic mass is 16.1. The Labute approximate surface area is 109 Å². The number of carbonyl (C=O) groups is 1. The number of benzene rings is 1. The second kappa shape index (κ2) is 6.52. The summed E-state index contributed by atoms with van der Waals surface area (Å²) >= 11 is 0. The van der Waals surface area contributed by atoms with E-state index in [1.165, 1.54) is 0 Å². The van der Waals surface area contributed by atoms with Crippen LogP contribution in [0.15, 0.2) is 30.3 Å². The Morgan fingerprint density at radius 2 is 2.00 bits per heavy atom. The molecule has 4 heteroatoms. The van der Waals surface area contributed by atoms with Gasteiger partial charge in [-0.15, -0.1) is 0 Å². The lowest BCUT2D eigenvalue weighted by Gasteiger charge is -2.32. The van der Waals surface area contributed by atoms with Gasteiger partial charge >= 0.3 is 0 Å². The SMILES string of the molecule is CCN(C)CCC(NC)(C(N)=O)c1ccccc1. The number of amides is 1. The van der Waals surface area contributed by atoms with Gasteiger partial charge in [0.1, 0.15) is 5.54 Å². The Hall–Kier alpha value is -1.39. The average Bonchev–Trinajstić information content (AvgIpc) is 2.40. The quantitative estimate of drug-likeness (QED) is 0.756. The fourth-order valence-corrected chi connectivity index (χ4v) is 2.04. The first kappa shape index (κ1) is 14.7. The molecule has 0 radical (unpaired) electrons. The Kier molecular flexibility index (Phi) is 5.31. The molecule has 3 N–H and O–H groups in total. The lowest BCUT2D eigenvalue weighted by Crippen LogP contribution is -2.52. The average molecular weight is 249 g/mol. The molecule has 0 saturated heterocycles. The second-order valence-electron chi connectivity index (χ2n) is 4.53. The fraction of sp³-hybridized carbons (Fsp3) is 0.500. The van der Waals surface area contributed by atoms with Gasteiger partial charge in [0.2, 0.25) is 5.91 Å². The Morgan fingerprint density at radius 1 is 1.39 bits per heavy atom. The van der Waals surface area contributed by atoms with E-state index < -0.39 is 5.54 Å². The lowest BCUT2D eigenvalue weighted by atomic mass is 9.85. The molecule has 1 rings (SSSR count). The van der Waals surface area contributed by atoms with Gasteiger partial charge in [0.15, 0.2) is 0 Å². The summed E-state index contributed by atoms with van der Waals surface area (Å²) in [6.07, 6.45) is 0.660. The van der Waals surface area contributed by atoms with E-state index in [0.29, 0.717) is 6.42 Å². The van der Waals surface area contributed by atoms with E-state index in [-0.39, 0.29) is 5.91 Å². The third-order valence-corrected chi connectivity index (χ3v) is 3.52. The van der Waals surface area contributed by atoms with Crippen LogP contribution >= 0.6 is 0 Å². The molecule has 0 saturated carbocycles. The molecule has 4 nitrogen and oxygen atoms in total. The molecule has 1 atom stereocenters. The van der Waals surface area contributed by atoms with Crippen molar-refractivity contribution in [3.05, 3.63) is 35.9 Å². The van der Waals surface area contributed by atoms with E-state index in [9.17, 15) is 4.79 Å². The molecule has 0 heterocycles. The summed E-state index contributed by atoms with van der Waals surface area (Å²) in [6.45, 7) is 3.86. The van der Waals surface area contributed by atoms with Crippen LogP contribution in [0.2, 0.25) is 0 Å². The van der Waals surface area contributed by atoms with Crippen LogP contribution in [0.3, 0.4) is 0 Å². The molecule has 0 spiro atoms. The van der Waals surface area contributed by atoms with Gasteiger partial charge in [0, 0.05) is 6.54 Å². The number of primary amides is 1. The van der Waals surface area contributed by atoms with Crippen molar-refractivity contribution in [2.45, 2.75) is 18.9 Å². The van der Waals surface area contributed by atoms with Gasteiger partial charge in [-0.05, 0) is 32.6 Å². The van der Waals surface area contributed by atoms with Gasteiger partial charge in [-0.2, -0.15) is 0 Å². The highest BCUT2D eigenvalue weighted by Gasteiger charge is 2.36. The maximum absolute atomic E-state index is 11.9. The molecule has 1 aromatic rings. The van der Waals surface area contributed by atoms with E-state index in [4.69, 9.17) is 5.73 Å². The normalized spacial score (nSPS) is 14.4. The summed E-state index contributed by atoms with van der Waals surface area (Å²) in [6, 6.07) is 9.66. The van der Waals surface area contributed by atoms with Crippen molar-refractivity contribution in [1.29, 1.82) is 0 Å². The Balaban J connectivity index is 2.99. The van der Waals surface area contributed by atoms with Crippen molar-refractivity contribution < 1.29 is 4.79 Å². The summed E-state index contributed by atoms with van der Waals surface area (Å²) in [7, 11) is 3.82. The first-order valence-corrected chi connectivity index (χ1v) is 6.29. The third-order valence-electron chi connectivity index (χ3n) is 3.52. The number of hydrogen-bond donors (Lipinski definition) is 2. The highest BCUT2D eigenvalue weighted by molar-refractivity contribution is 5.86. The summed E-state index contributed by atoms with van der Waals surface area (Å²) in [5.74, 6) is -0.333. The molecule has 0 aliphatic carbocycles. The molecular weight excluding hydrogens is 226 g/mol. The monoisotopic (exact) mass is 249 g/mol. The standard InChI is InChI=1S/C14H23N3O/c1-4-17(3)11-10-14(16-2,13(15)18)12-8-6-5-7-9-12/h5-9,16H,4,10-11H2,1-3H3,(H2,15,18). The lowest BCUT2D eigenvalue weighted by molar-refractivity contribution is -0.125. The van der Waals surface area contributed by atoms with Crippen LogP contribution < -0.4 is 11.1 Å². The largest absolute Gasteiger partial charge is 0.368 e. The van der Waals surface area contributed by atoms with Crippen LogP contribution in [0.25, 0.3) is 0 Å². The summed E-state index contributed by atoms with van der Waals surface area (Å²) in [5.41, 5.74) is 5.76. The van der Waals surface area contributed by atoms with Gasteiger partial charge in [0.25, 0.3) is 0 Å². The molecule has 1 aromatic carbocycles. The van der Waals surface area contributed by atoms with Crippen LogP contribution in [0, 0.1) is 0 Å². The van der Waals surface area contributed by atoms with Gasteiger partial charge in [0.05, 0.1) is 0 Å². The van der Waals surface area contributed by atoms with E-state index in [0.717, 1.165) is 18.7 Å². The van der Waals surface area contributed by atoms with Crippen molar-refractivity contribution in [2.75, 3.05) is 27.2 Å². The number of likely N-dealkylation sites (N-methyl/N-ethyl adjacent to an activating group) is 1. The number of nitrogens with two attached hydrogens (primary N) is 1. The van der Waals surface area contributed by atoms with Crippen molar-refractivity contribution in [1.82, 2.24) is 10.2 Å². The van der Waals surface area contributed by atoms with E-state index in [2.05, 4.69) is 17.1 Å². The highest BCUT2D eigenvalue weighted by Crippen LogP contribution is 2.24. The maximum Gasteiger partial charge on any atom is 0.242 e. The zero-order valence-corrected chi connectivity index (χ0v) is 11.4. The molecule has 18 heavy (non-hydrogen) atoms. The molecule has 0 fully saturated rings. The van der Waals surface area contributed by atoms with Crippen LogP contribution in [0.5, 0.6) is 0 Å². The number of nitrogens with one attached hydrogen (secondary N) is 1. The fourth-order valence-electron chi connectivity index (χ4n) is 2.04. The molecule has 0 bridgehead atoms. The predicted molar refractivity (Wildman–Crippen MR) is 74.2 cm³/mol. The van der Waals surface area contributed by atoms with Crippen molar-refractivity contribution in [2.24, 2.45) is 5.73 Å². The number of nitrogens with zero attached hydrogens (tertiary/aromatic N) is 1. The summed E-state index contributed by atoms with van der Waals surface area (Å²) < 4.78 is 0. The smallest absolute Gasteiger partial charge is 0.242 e. The third kappa shape index (κ3) is 3.09. The molecule has 1 amide bonds. The molecule has 0 aromatic heterocycles. The molecule has 1 unspecified atom stereocenters. The minimum absolute atomic E-state index is 0.333. The topological polar surface area (TPSA) is 58.4 Å². The van der Waals surface area contributed by atoms with Crippen LogP contribution in [0.4, 0.5) is 0 Å². The minimum atomic E-state index is -0.787.